The normalized spacial score (nSPS) is 11.2. The number of benzene rings is 1. The Morgan fingerprint density at radius 2 is 1.95 bits per heavy atom. The molecule has 9 heteroatoms. The van der Waals surface area contributed by atoms with Crippen LogP contribution in [0.15, 0.2) is 24.4 Å². The lowest BCUT2D eigenvalue weighted by Crippen LogP contribution is -2.12. The third kappa shape index (κ3) is 3.35. The van der Waals surface area contributed by atoms with E-state index in [2.05, 4.69) is 20.6 Å². The zero-order valence-electron chi connectivity index (χ0n) is 11.6. The Labute approximate surface area is 123 Å². The summed E-state index contributed by atoms with van der Waals surface area (Å²) in [4.78, 5) is 7.24. The fraction of sp³-hybridized carbons (Fsp3) is 0.231. The maximum absolute atomic E-state index is 13.7. The van der Waals surface area contributed by atoms with Gasteiger partial charge in [0.25, 0.3) is 0 Å². The molecule has 0 unspecified atom stereocenters. The highest BCUT2D eigenvalue weighted by Gasteiger charge is 2.35. The van der Waals surface area contributed by atoms with Crippen molar-refractivity contribution in [3.63, 3.8) is 0 Å². The summed E-state index contributed by atoms with van der Waals surface area (Å²) in [5.74, 6) is -0.822. The number of rotatable bonds is 4. The van der Waals surface area contributed by atoms with Gasteiger partial charge < -0.3 is 15.4 Å². The second-order valence-corrected chi connectivity index (χ2v) is 4.17. The summed E-state index contributed by atoms with van der Waals surface area (Å²) in [5.41, 5.74) is -1.02. The molecule has 0 aliphatic carbocycles. The lowest BCUT2D eigenvalue weighted by Gasteiger charge is -2.13. The topological polar surface area (TPSA) is 59.1 Å². The molecule has 0 spiro atoms. The molecule has 0 saturated carbocycles. The first-order chi connectivity index (χ1) is 10.3. The highest BCUT2D eigenvalue weighted by molar-refractivity contribution is 5.59. The Morgan fingerprint density at radius 1 is 1.23 bits per heavy atom. The van der Waals surface area contributed by atoms with Crippen molar-refractivity contribution < 1.29 is 22.3 Å². The van der Waals surface area contributed by atoms with E-state index in [-0.39, 0.29) is 11.6 Å². The fourth-order valence-corrected chi connectivity index (χ4v) is 1.69. The van der Waals surface area contributed by atoms with Crippen LogP contribution in [0.3, 0.4) is 0 Å². The molecule has 0 atom stereocenters. The fourth-order valence-electron chi connectivity index (χ4n) is 1.69. The number of hydrogen-bond donors (Lipinski definition) is 2. The maximum atomic E-state index is 13.7. The Morgan fingerprint density at radius 3 is 2.55 bits per heavy atom. The molecule has 118 valence electrons. The van der Waals surface area contributed by atoms with Crippen molar-refractivity contribution in [3.05, 3.63) is 35.8 Å². The van der Waals surface area contributed by atoms with Crippen molar-refractivity contribution in [2.75, 3.05) is 24.8 Å². The predicted molar refractivity (Wildman–Crippen MR) is 72.8 cm³/mol. The van der Waals surface area contributed by atoms with E-state index in [0.717, 1.165) is 6.07 Å². The highest BCUT2D eigenvalue weighted by atomic mass is 19.4. The quantitative estimate of drug-likeness (QED) is 0.846. The maximum Gasteiger partial charge on any atom is 0.421 e. The molecule has 0 fully saturated rings. The van der Waals surface area contributed by atoms with Gasteiger partial charge in [-0.25, -0.2) is 9.37 Å². The molecule has 0 amide bonds. The van der Waals surface area contributed by atoms with Crippen molar-refractivity contribution in [1.82, 2.24) is 9.97 Å². The van der Waals surface area contributed by atoms with Gasteiger partial charge in [0.1, 0.15) is 22.9 Å². The lowest BCUT2D eigenvalue weighted by atomic mass is 10.3. The minimum absolute atomic E-state index is 0.0128. The van der Waals surface area contributed by atoms with Gasteiger partial charge in [0.15, 0.2) is 0 Å². The first-order valence-electron chi connectivity index (χ1n) is 6.07. The van der Waals surface area contributed by atoms with Gasteiger partial charge in [0.2, 0.25) is 5.95 Å². The average molecular weight is 316 g/mol. The van der Waals surface area contributed by atoms with Crippen LogP contribution >= 0.6 is 0 Å². The van der Waals surface area contributed by atoms with Gasteiger partial charge in [0, 0.05) is 19.3 Å². The van der Waals surface area contributed by atoms with E-state index in [1.165, 1.54) is 26.3 Å². The number of nitrogens with one attached hydrogen (secondary N) is 2. The van der Waals surface area contributed by atoms with Crippen LogP contribution in [0, 0.1) is 5.82 Å². The monoisotopic (exact) mass is 316 g/mol. The van der Waals surface area contributed by atoms with Crippen molar-refractivity contribution in [2.24, 2.45) is 0 Å². The van der Waals surface area contributed by atoms with E-state index >= 15 is 0 Å². The van der Waals surface area contributed by atoms with E-state index < -0.39 is 23.4 Å². The smallest absolute Gasteiger partial charge is 0.421 e. The van der Waals surface area contributed by atoms with Crippen LogP contribution in [0.2, 0.25) is 0 Å². The molecule has 1 aromatic heterocycles. The van der Waals surface area contributed by atoms with E-state index in [9.17, 15) is 17.6 Å². The van der Waals surface area contributed by atoms with Crippen LogP contribution in [-0.4, -0.2) is 24.1 Å². The highest BCUT2D eigenvalue weighted by Crippen LogP contribution is 2.34. The number of aromatic nitrogens is 2. The summed E-state index contributed by atoms with van der Waals surface area (Å²) in [7, 11) is 2.71. The van der Waals surface area contributed by atoms with Crippen LogP contribution in [-0.2, 0) is 6.18 Å². The Bertz CT molecular complexity index is 676. The van der Waals surface area contributed by atoms with Gasteiger partial charge in [-0.05, 0) is 12.1 Å². The zero-order valence-corrected chi connectivity index (χ0v) is 11.6. The minimum Gasteiger partial charge on any atom is -0.497 e. The molecule has 0 radical (unpaired) electrons. The molecule has 1 heterocycles. The van der Waals surface area contributed by atoms with Crippen LogP contribution in [0.25, 0.3) is 0 Å². The molecule has 0 saturated heterocycles. The average Bonchev–Trinajstić information content (AvgIpc) is 2.48. The third-order valence-corrected chi connectivity index (χ3v) is 2.75. The molecule has 2 rings (SSSR count). The largest absolute Gasteiger partial charge is 0.497 e. The van der Waals surface area contributed by atoms with Crippen LogP contribution in [0.1, 0.15) is 5.56 Å². The first kappa shape index (κ1) is 15.8. The summed E-state index contributed by atoms with van der Waals surface area (Å²) in [6.07, 6.45) is -3.96. The molecular formula is C13H12F4N4O. The second kappa shape index (κ2) is 6.04. The van der Waals surface area contributed by atoms with E-state index in [1.54, 1.807) is 0 Å². The van der Waals surface area contributed by atoms with Gasteiger partial charge in [0.05, 0.1) is 12.8 Å². The summed E-state index contributed by atoms with van der Waals surface area (Å²) in [6.45, 7) is 0. The van der Waals surface area contributed by atoms with Crippen molar-refractivity contribution in [1.29, 1.82) is 0 Å². The molecule has 1 aromatic carbocycles. The number of alkyl halides is 3. The number of methoxy groups -OCH3 is 1. The Balaban J connectivity index is 2.35. The van der Waals surface area contributed by atoms with Gasteiger partial charge in [-0.3, -0.25) is 0 Å². The van der Waals surface area contributed by atoms with Crippen molar-refractivity contribution in [3.8, 4) is 5.75 Å². The minimum atomic E-state index is -4.59. The molecule has 2 N–H and O–H groups in total. The molecule has 22 heavy (non-hydrogen) atoms. The molecule has 2 aromatic rings. The molecule has 0 aliphatic heterocycles. The SMILES string of the molecule is CNc1nc(Nc2cc(OC)ccc2F)ncc1C(F)(F)F. The number of anilines is 3. The molecule has 5 nitrogen and oxygen atoms in total. The first-order valence-corrected chi connectivity index (χ1v) is 6.07. The van der Waals surface area contributed by atoms with Crippen LogP contribution in [0.5, 0.6) is 5.75 Å². The van der Waals surface area contributed by atoms with E-state index in [0.29, 0.717) is 11.9 Å². The number of nitrogens with zero attached hydrogens (tertiary/aromatic N) is 2. The summed E-state index contributed by atoms with van der Waals surface area (Å²) in [5, 5.41) is 4.85. The Hall–Kier alpha value is -2.58. The third-order valence-electron chi connectivity index (χ3n) is 2.75. The summed E-state index contributed by atoms with van der Waals surface area (Å²) in [6, 6.07) is 3.91. The molecular weight excluding hydrogens is 304 g/mol. The predicted octanol–water partition coefficient (Wildman–Crippen LogP) is 3.43. The summed E-state index contributed by atoms with van der Waals surface area (Å²) >= 11 is 0. The molecule has 0 aliphatic rings. The number of hydrogen-bond acceptors (Lipinski definition) is 5. The van der Waals surface area contributed by atoms with Gasteiger partial charge in [-0.1, -0.05) is 0 Å². The van der Waals surface area contributed by atoms with Gasteiger partial charge in [-0.2, -0.15) is 18.2 Å². The number of halogens is 4. The summed E-state index contributed by atoms with van der Waals surface area (Å²) < 4.78 is 56.8. The van der Waals surface area contributed by atoms with Gasteiger partial charge >= 0.3 is 6.18 Å². The van der Waals surface area contributed by atoms with E-state index in [1.807, 2.05) is 0 Å². The van der Waals surface area contributed by atoms with Crippen LogP contribution < -0.4 is 15.4 Å². The van der Waals surface area contributed by atoms with Crippen LogP contribution in [0.4, 0.5) is 35.0 Å². The van der Waals surface area contributed by atoms with E-state index in [4.69, 9.17) is 4.74 Å². The second-order valence-electron chi connectivity index (χ2n) is 4.17. The lowest BCUT2D eigenvalue weighted by molar-refractivity contribution is -0.137. The van der Waals surface area contributed by atoms with Crippen molar-refractivity contribution in [2.45, 2.75) is 6.18 Å². The zero-order chi connectivity index (χ0) is 16.3. The Kier molecular flexibility index (Phi) is 4.34. The molecule has 0 bridgehead atoms. The van der Waals surface area contributed by atoms with Gasteiger partial charge in [-0.15, -0.1) is 0 Å². The number of ether oxygens (including phenoxy) is 1. The standard InChI is InChI=1S/C13H12F4N4O/c1-18-11-8(13(15,16)17)6-19-12(21-11)20-10-5-7(22-2)3-4-9(10)14/h3-6H,1-2H3,(H2,18,19,20,21). The van der Waals surface area contributed by atoms with Crippen molar-refractivity contribution >= 4 is 17.5 Å².